The van der Waals surface area contributed by atoms with E-state index in [0.29, 0.717) is 28.4 Å². The maximum Gasteiger partial charge on any atom is 0.336 e. The largest absolute Gasteiger partial charge is 0.423 e. The first-order valence-corrected chi connectivity index (χ1v) is 6.45. The van der Waals surface area contributed by atoms with Crippen molar-refractivity contribution in [3.63, 3.8) is 0 Å². The highest BCUT2D eigenvalue weighted by Crippen LogP contribution is 2.33. The predicted molar refractivity (Wildman–Crippen MR) is 78.3 cm³/mol. The predicted octanol–water partition coefficient (Wildman–Crippen LogP) is 4.07. The Morgan fingerprint density at radius 3 is 2.57 bits per heavy atom. The number of halogens is 2. The smallest absolute Gasteiger partial charge is 0.336 e. The molecule has 104 valence electrons. The van der Waals surface area contributed by atoms with Gasteiger partial charge in [0.25, 0.3) is 0 Å². The molecule has 5 heteroatoms. The van der Waals surface area contributed by atoms with Gasteiger partial charge in [-0.3, -0.25) is 4.79 Å². The summed E-state index contributed by atoms with van der Waals surface area (Å²) in [5.41, 5.74) is 1.16. The molecule has 0 aliphatic rings. The molecule has 0 fully saturated rings. The van der Waals surface area contributed by atoms with E-state index in [1.54, 1.807) is 12.1 Å². The minimum Gasteiger partial charge on any atom is -0.423 e. The molecule has 2 aromatic carbocycles. The first-order valence-electron chi connectivity index (χ1n) is 6.07. The summed E-state index contributed by atoms with van der Waals surface area (Å²) < 4.78 is 18.2. The lowest BCUT2D eigenvalue weighted by molar-refractivity contribution is 0.112. The molecule has 3 aromatic rings. The molecule has 0 saturated heterocycles. The fraction of sp³-hybridized carbons (Fsp3) is 0. The Labute approximate surface area is 123 Å². The minimum atomic E-state index is -0.569. The van der Waals surface area contributed by atoms with Crippen LogP contribution in [-0.4, -0.2) is 6.29 Å². The van der Waals surface area contributed by atoms with Crippen LogP contribution in [0.25, 0.3) is 22.1 Å². The Kier molecular flexibility index (Phi) is 3.31. The lowest BCUT2D eigenvalue weighted by atomic mass is 10.0. The number of carbonyl (C=O) groups excluding carboxylic acids is 1. The van der Waals surface area contributed by atoms with Crippen molar-refractivity contribution >= 4 is 28.9 Å². The van der Waals surface area contributed by atoms with Crippen molar-refractivity contribution < 1.29 is 13.6 Å². The maximum absolute atomic E-state index is 13.2. The fourth-order valence-corrected chi connectivity index (χ4v) is 2.45. The molecule has 3 nitrogen and oxygen atoms in total. The highest BCUT2D eigenvalue weighted by Gasteiger charge is 2.12. The number of hydrogen-bond acceptors (Lipinski definition) is 3. The fourth-order valence-electron chi connectivity index (χ4n) is 2.18. The van der Waals surface area contributed by atoms with Crippen molar-refractivity contribution in [3.8, 4) is 11.1 Å². The molecule has 21 heavy (non-hydrogen) atoms. The zero-order chi connectivity index (χ0) is 15.0. The van der Waals surface area contributed by atoms with Gasteiger partial charge in [0.15, 0.2) is 0 Å². The van der Waals surface area contributed by atoms with Crippen LogP contribution >= 0.6 is 11.6 Å². The lowest BCUT2D eigenvalue weighted by Crippen LogP contribution is -1.99. The van der Waals surface area contributed by atoms with E-state index in [1.165, 1.54) is 30.3 Å². The van der Waals surface area contributed by atoms with E-state index in [2.05, 4.69) is 0 Å². The van der Waals surface area contributed by atoms with Crippen LogP contribution in [0.4, 0.5) is 4.39 Å². The molecule has 1 heterocycles. The summed E-state index contributed by atoms with van der Waals surface area (Å²) in [6, 6.07) is 9.98. The lowest BCUT2D eigenvalue weighted by Gasteiger charge is -2.08. The Bertz CT molecular complexity index is 915. The van der Waals surface area contributed by atoms with Gasteiger partial charge in [0, 0.05) is 28.1 Å². The molecule has 0 N–H and O–H groups in total. The van der Waals surface area contributed by atoms with E-state index in [-0.39, 0.29) is 10.6 Å². The molecule has 0 amide bonds. The van der Waals surface area contributed by atoms with Gasteiger partial charge < -0.3 is 4.42 Å². The highest BCUT2D eigenvalue weighted by atomic mass is 35.5. The van der Waals surface area contributed by atoms with Gasteiger partial charge in [0.05, 0.1) is 5.02 Å². The number of benzene rings is 2. The van der Waals surface area contributed by atoms with Crippen molar-refractivity contribution in [2.24, 2.45) is 0 Å². The van der Waals surface area contributed by atoms with E-state index in [9.17, 15) is 14.0 Å². The molecular formula is C16H8ClFO3. The Balaban J connectivity index is 2.36. The van der Waals surface area contributed by atoms with Crippen LogP contribution in [0.3, 0.4) is 0 Å². The minimum absolute atomic E-state index is 0.196. The first-order chi connectivity index (χ1) is 10.1. The molecule has 0 bridgehead atoms. The van der Waals surface area contributed by atoms with Gasteiger partial charge in [-0.05, 0) is 30.3 Å². The average Bonchev–Trinajstić information content (AvgIpc) is 2.45. The Morgan fingerprint density at radius 1 is 1.05 bits per heavy atom. The van der Waals surface area contributed by atoms with Crippen molar-refractivity contribution in [2.45, 2.75) is 0 Å². The van der Waals surface area contributed by atoms with Crippen molar-refractivity contribution in [1.82, 2.24) is 0 Å². The molecule has 0 unspecified atom stereocenters. The molecule has 0 atom stereocenters. The standard InChI is InChI=1S/C16H8ClFO3/c17-14-6-10(18)2-4-11(14)13-7-16(20)21-15-5-9(8-19)1-3-12(13)15/h1-8H. The monoisotopic (exact) mass is 302 g/mol. The van der Waals surface area contributed by atoms with Crippen molar-refractivity contribution in [3.05, 3.63) is 69.3 Å². The van der Waals surface area contributed by atoms with E-state index in [4.69, 9.17) is 16.0 Å². The second-order valence-electron chi connectivity index (χ2n) is 4.48. The van der Waals surface area contributed by atoms with Gasteiger partial charge in [-0.25, -0.2) is 9.18 Å². The first kappa shape index (κ1) is 13.5. The van der Waals surface area contributed by atoms with Gasteiger partial charge >= 0.3 is 5.63 Å². The van der Waals surface area contributed by atoms with Crippen LogP contribution in [0.15, 0.2) is 51.7 Å². The Morgan fingerprint density at radius 2 is 1.86 bits per heavy atom. The summed E-state index contributed by atoms with van der Waals surface area (Å²) in [6.45, 7) is 0. The molecule has 0 radical (unpaired) electrons. The van der Waals surface area contributed by atoms with Crippen molar-refractivity contribution in [2.75, 3.05) is 0 Å². The topological polar surface area (TPSA) is 47.3 Å². The second-order valence-corrected chi connectivity index (χ2v) is 4.88. The molecule has 0 aliphatic carbocycles. The maximum atomic E-state index is 13.2. The second kappa shape index (κ2) is 5.14. The quantitative estimate of drug-likeness (QED) is 0.529. The average molecular weight is 303 g/mol. The van der Waals surface area contributed by atoms with Crippen LogP contribution in [0.2, 0.25) is 5.02 Å². The third-order valence-corrected chi connectivity index (χ3v) is 3.44. The molecule has 1 aromatic heterocycles. The summed E-state index contributed by atoms with van der Waals surface area (Å²) >= 11 is 6.05. The van der Waals surface area contributed by atoms with Crippen molar-refractivity contribution in [1.29, 1.82) is 0 Å². The third-order valence-electron chi connectivity index (χ3n) is 3.13. The normalized spacial score (nSPS) is 10.8. The Hall–Kier alpha value is -2.46. The van der Waals surface area contributed by atoms with E-state index >= 15 is 0 Å². The van der Waals surface area contributed by atoms with Crippen LogP contribution in [0, 0.1) is 5.82 Å². The van der Waals surface area contributed by atoms with E-state index in [0.717, 1.165) is 0 Å². The van der Waals surface area contributed by atoms with Gasteiger partial charge in [-0.1, -0.05) is 17.7 Å². The number of carbonyl (C=O) groups is 1. The molecule has 3 rings (SSSR count). The number of hydrogen-bond donors (Lipinski definition) is 0. The zero-order valence-corrected chi connectivity index (χ0v) is 11.4. The molecule has 0 spiro atoms. The summed E-state index contributed by atoms with van der Waals surface area (Å²) in [6.07, 6.45) is 0.664. The highest BCUT2D eigenvalue weighted by molar-refractivity contribution is 6.33. The zero-order valence-electron chi connectivity index (χ0n) is 10.6. The van der Waals surface area contributed by atoms with Crippen LogP contribution in [0.1, 0.15) is 10.4 Å². The van der Waals surface area contributed by atoms with Crippen LogP contribution in [0.5, 0.6) is 0 Å². The number of fused-ring (bicyclic) bond motifs is 1. The summed E-state index contributed by atoms with van der Waals surface area (Å²) in [4.78, 5) is 22.5. The van der Waals surface area contributed by atoms with Gasteiger partial charge in [-0.15, -0.1) is 0 Å². The number of aldehydes is 1. The molecular weight excluding hydrogens is 295 g/mol. The van der Waals surface area contributed by atoms with Crippen LogP contribution < -0.4 is 5.63 Å². The van der Waals surface area contributed by atoms with E-state index < -0.39 is 11.4 Å². The van der Waals surface area contributed by atoms with Gasteiger partial charge in [-0.2, -0.15) is 0 Å². The third kappa shape index (κ3) is 2.45. The summed E-state index contributed by atoms with van der Waals surface area (Å²) in [5.74, 6) is -0.459. The van der Waals surface area contributed by atoms with Gasteiger partial charge in [0.2, 0.25) is 0 Å². The van der Waals surface area contributed by atoms with E-state index in [1.807, 2.05) is 0 Å². The SMILES string of the molecule is O=Cc1ccc2c(-c3ccc(F)cc3Cl)cc(=O)oc2c1. The van der Waals surface area contributed by atoms with Crippen LogP contribution in [-0.2, 0) is 0 Å². The molecule has 0 saturated carbocycles. The molecule has 0 aliphatic heterocycles. The summed E-state index contributed by atoms with van der Waals surface area (Å²) in [7, 11) is 0. The summed E-state index contributed by atoms with van der Waals surface area (Å²) in [5, 5.41) is 0.815. The number of rotatable bonds is 2. The van der Waals surface area contributed by atoms with Gasteiger partial charge in [0.1, 0.15) is 17.7 Å².